The summed E-state index contributed by atoms with van der Waals surface area (Å²) in [5.74, 6) is -0.188. The van der Waals surface area contributed by atoms with E-state index in [4.69, 9.17) is 5.73 Å². The van der Waals surface area contributed by atoms with Crippen LogP contribution in [0.1, 0.15) is 31.9 Å². The van der Waals surface area contributed by atoms with Gasteiger partial charge in [0.1, 0.15) is 0 Å². The summed E-state index contributed by atoms with van der Waals surface area (Å²) in [7, 11) is 1.73. The van der Waals surface area contributed by atoms with Gasteiger partial charge in [-0.1, -0.05) is 30.3 Å². The lowest BCUT2D eigenvalue weighted by Gasteiger charge is -2.26. The van der Waals surface area contributed by atoms with E-state index in [0.717, 1.165) is 5.56 Å². The van der Waals surface area contributed by atoms with Crippen molar-refractivity contribution >= 4 is 11.8 Å². The van der Waals surface area contributed by atoms with Gasteiger partial charge >= 0.3 is 0 Å². The molecule has 0 saturated heterocycles. The number of likely N-dealkylation sites (N-methyl/N-ethyl adjacent to an activating group) is 1. The van der Waals surface area contributed by atoms with E-state index in [-0.39, 0.29) is 30.3 Å². The summed E-state index contributed by atoms with van der Waals surface area (Å²) in [6, 6.07) is 9.16. The van der Waals surface area contributed by atoms with Gasteiger partial charge in [-0.2, -0.15) is 0 Å². The van der Waals surface area contributed by atoms with Gasteiger partial charge in [0.05, 0.1) is 12.5 Å². The normalized spacial score (nSPS) is 13.4. The maximum Gasteiger partial charge on any atom is 0.225 e. The molecule has 3 N–H and O–H groups in total. The van der Waals surface area contributed by atoms with Gasteiger partial charge in [-0.15, -0.1) is 0 Å². The zero-order chi connectivity index (χ0) is 15.1. The molecule has 0 aliphatic heterocycles. The fourth-order valence-electron chi connectivity index (χ4n) is 1.91. The SMILES string of the molecule is CC(=O)NC(CC(=O)N(C)C(C)CN)c1ccccc1. The molecule has 0 spiro atoms. The van der Waals surface area contributed by atoms with Gasteiger partial charge in [0.15, 0.2) is 0 Å². The van der Waals surface area contributed by atoms with E-state index in [1.54, 1.807) is 11.9 Å². The van der Waals surface area contributed by atoms with Crippen LogP contribution >= 0.6 is 0 Å². The van der Waals surface area contributed by atoms with E-state index in [1.165, 1.54) is 6.92 Å². The fraction of sp³-hybridized carbons (Fsp3) is 0.467. The van der Waals surface area contributed by atoms with E-state index in [1.807, 2.05) is 37.3 Å². The van der Waals surface area contributed by atoms with E-state index < -0.39 is 0 Å². The Morgan fingerprint density at radius 1 is 1.30 bits per heavy atom. The van der Waals surface area contributed by atoms with Crippen molar-refractivity contribution in [3.63, 3.8) is 0 Å². The van der Waals surface area contributed by atoms with E-state index >= 15 is 0 Å². The van der Waals surface area contributed by atoms with Crippen LogP contribution in [0.25, 0.3) is 0 Å². The third-order valence-corrected chi connectivity index (χ3v) is 3.35. The second-order valence-corrected chi connectivity index (χ2v) is 4.96. The van der Waals surface area contributed by atoms with Gasteiger partial charge in [0.2, 0.25) is 11.8 Å². The number of carbonyl (C=O) groups excluding carboxylic acids is 2. The van der Waals surface area contributed by atoms with Crippen molar-refractivity contribution in [2.75, 3.05) is 13.6 Å². The van der Waals surface area contributed by atoms with Crippen molar-refractivity contribution in [1.29, 1.82) is 0 Å². The molecule has 5 nitrogen and oxygen atoms in total. The van der Waals surface area contributed by atoms with Crippen molar-refractivity contribution in [1.82, 2.24) is 10.2 Å². The van der Waals surface area contributed by atoms with E-state index in [0.29, 0.717) is 6.54 Å². The minimum absolute atomic E-state index is 0.0174. The topological polar surface area (TPSA) is 75.4 Å². The highest BCUT2D eigenvalue weighted by atomic mass is 16.2. The Hall–Kier alpha value is -1.88. The number of rotatable bonds is 6. The van der Waals surface area contributed by atoms with Crippen LogP contribution in [-0.4, -0.2) is 36.3 Å². The lowest BCUT2D eigenvalue weighted by atomic mass is 10.0. The average molecular weight is 277 g/mol. The summed E-state index contributed by atoms with van der Waals surface area (Å²) < 4.78 is 0. The summed E-state index contributed by atoms with van der Waals surface area (Å²) in [6.07, 6.45) is 0.227. The molecule has 0 fully saturated rings. The molecule has 0 bridgehead atoms. The molecule has 20 heavy (non-hydrogen) atoms. The number of nitrogens with two attached hydrogens (primary N) is 1. The average Bonchev–Trinajstić information content (AvgIpc) is 2.45. The molecule has 5 heteroatoms. The van der Waals surface area contributed by atoms with Gasteiger partial charge in [0, 0.05) is 26.6 Å². The van der Waals surface area contributed by atoms with Crippen LogP contribution in [0.5, 0.6) is 0 Å². The zero-order valence-corrected chi connectivity index (χ0v) is 12.3. The third-order valence-electron chi connectivity index (χ3n) is 3.35. The van der Waals surface area contributed by atoms with Crippen molar-refractivity contribution in [2.45, 2.75) is 32.4 Å². The molecule has 1 aromatic carbocycles. The lowest BCUT2D eigenvalue weighted by Crippen LogP contribution is -2.41. The predicted octanol–water partition coefficient (Wildman–Crippen LogP) is 1.06. The summed E-state index contributed by atoms with van der Waals surface area (Å²) in [4.78, 5) is 25.2. The summed E-state index contributed by atoms with van der Waals surface area (Å²) in [5.41, 5.74) is 6.49. The number of nitrogens with one attached hydrogen (secondary N) is 1. The molecule has 2 unspecified atom stereocenters. The standard InChI is InChI=1S/C15H23N3O2/c1-11(10-16)18(3)15(20)9-14(17-12(2)19)13-7-5-4-6-8-13/h4-8,11,14H,9-10,16H2,1-3H3,(H,17,19). The number of carbonyl (C=O) groups is 2. The first-order valence-electron chi connectivity index (χ1n) is 6.73. The Morgan fingerprint density at radius 3 is 2.40 bits per heavy atom. The van der Waals surface area contributed by atoms with Gasteiger partial charge in [-0.3, -0.25) is 9.59 Å². The minimum atomic E-state index is -0.311. The molecule has 0 aliphatic rings. The number of hydrogen-bond acceptors (Lipinski definition) is 3. The van der Waals surface area contributed by atoms with Crippen molar-refractivity contribution in [3.05, 3.63) is 35.9 Å². The van der Waals surface area contributed by atoms with E-state index in [2.05, 4.69) is 5.32 Å². The summed E-state index contributed by atoms with van der Waals surface area (Å²) in [6.45, 7) is 3.76. The Morgan fingerprint density at radius 2 is 1.90 bits per heavy atom. The number of amides is 2. The van der Waals surface area contributed by atoms with Crippen molar-refractivity contribution < 1.29 is 9.59 Å². The zero-order valence-electron chi connectivity index (χ0n) is 12.3. The number of nitrogens with zero attached hydrogens (tertiary/aromatic N) is 1. The van der Waals surface area contributed by atoms with Gasteiger partial charge in [-0.05, 0) is 12.5 Å². The van der Waals surface area contributed by atoms with Crippen LogP contribution in [0.15, 0.2) is 30.3 Å². The maximum atomic E-state index is 12.2. The molecule has 2 amide bonds. The molecule has 2 atom stereocenters. The van der Waals surface area contributed by atoms with Crippen LogP contribution in [0.2, 0.25) is 0 Å². The van der Waals surface area contributed by atoms with Gasteiger partial charge in [-0.25, -0.2) is 0 Å². The first-order valence-corrected chi connectivity index (χ1v) is 6.73. The number of hydrogen-bond donors (Lipinski definition) is 2. The first kappa shape index (κ1) is 16.2. The van der Waals surface area contributed by atoms with Crippen LogP contribution in [-0.2, 0) is 9.59 Å². The van der Waals surface area contributed by atoms with Crippen LogP contribution < -0.4 is 11.1 Å². The Balaban J connectivity index is 2.80. The molecule has 0 saturated carbocycles. The summed E-state index contributed by atoms with van der Waals surface area (Å²) in [5, 5.41) is 2.82. The van der Waals surface area contributed by atoms with E-state index in [9.17, 15) is 9.59 Å². The van der Waals surface area contributed by atoms with Crippen LogP contribution in [0.4, 0.5) is 0 Å². The molecular weight excluding hydrogens is 254 g/mol. The molecule has 0 radical (unpaired) electrons. The Kier molecular flexibility index (Phi) is 6.18. The second-order valence-electron chi connectivity index (χ2n) is 4.96. The molecule has 110 valence electrons. The lowest BCUT2D eigenvalue weighted by molar-refractivity contribution is -0.132. The molecule has 1 aromatic rings. The maximum absolute atomic E-state index is 12.2. The number of benzene rings is 1. The van der Waals surface area contributed by atoms with Crippen molar-refractivity contribution in [2.24, 2.45) is 5.73 Å². The molecular formula is C15H23N3O2. The van der Waals surface area contributed by atoms with Crippen molar-refractivity contribution in [3.8, 4) is 0 Å². The summed E-state index contributed by atoms with van der Waals surface area (Å²) >= 11 is 0. The minimum Gasteiger partial charge on any atom is -0.349 e. The monoisotopic (exact) mass is 277 g/mol. The predicted molar refractivity (Wildman–Crippen MR) is 78.9 cm³/mol. The van der Waals surface area contributed by atoms with Crippen LogP contribution in [0.3, 0.4) is 0 Å². The molecule has 0 aromatic heterocycles. The molecule has 0 aliphatic carbocycles. The highest BCUT2D eigenvalue weighted by molar-refractivity contribution is 5.79. The van der Waals surface area contributed by atoms with Gasteiger partial charge < -0.3 is 16.0 Å². The third kappa shape index (κ3) is 4.66. The largest absolute Gasteiger partial charge is 0.349 e. The molecule has 1 rings (SSSR count). The highest BCUT2D eigenvalue weighted by Gasteiger charge is 2.21. The highest BCUT2D eigenvalue weighted by Crippen LogP contribution is 2.18. The Bertz CT molecular complexity index is 448. The first-order chi connectivity index (χ1) is 9.45. The smallest absolute Gasteiger partial charge is 0.225 e. The quantitative estimate of drug-likeness (QED) is 0.816. The second kappa shape index (κ2) is 7.65. The Labute approximate surface area is 120 Å². The van der Waals surface area contributed by atoms with Gasteiger partial charge in [0.25, 0.3) is 0 Å². The fourth-order valence-corrected chi connectivity index (χ4v) is 1.91. The molecule has 0 heterocycles. The van der Waals surface area contributed by atoms with Crippen LogP contribution in [0, 0.1) is 0 Å².